The van der Waals surface area contributed by atoms with Crippen molar-refractivity contribution in [2.45, 2.75) is 19.3 Å². The van der Waals surface area contributed by atoms with Crippen molar-refractivity contribution in [3.8, 4) is 23.5 Å². The lowest BCUT2D eigenvalue weighted by Gasteiger charge is -2.10. The standard InChI is InChI=1S/C18H16O/c1-3-15(13-14(2)19)17-9-11-18(12-10-17)16-7-5-4-6-8-16/h1,4-12,15H,13H2,2H3. The lowest BCUT2D eigenvalue weighted by Crippen LogP contribution is -2.01. The van der Waals surface area contributed by atoms with Crippen molar-refractivity contribution in [1.82, 2.24) is 0 Å². The van der Waals surface area contributed by atoms with Crippen molar-refractivity contribution in [3.63, 3.8) is 0 Å². The Morgan fingerprint density at radius 1 is 1.05 bits per heavy atom. The second-order valence-electron chi connectivity index (χ2n) is 4.61. The molecule has 19 heavy (non-hydrogen) atoms. The molecule has 1 atom stereocenters. The van der Waals surface area contributed by atoms with E-state index in [1.165, 1.54) is 5.56 Å². The Morgan fingerprint density at radius 3 is 2.16 bits per heavy atom. The Morgan fingerprint density at radius 2 is 1.63 bits per heavy atom. The summed E-state index contributed by atoms with van der Waals surface area (Å²) in [6.07, 6.45) is 5.90. The summed E-state index contributed by atoms with van der Waals surface area (Å²) in [7, 11) is 0. The van der Waals surface area contributed by atoms with Crippen LogP contribution in [0.1, 0.15) is 24.8 Å². The average Bonchev–Trinajstić information content (AvgIpc) is 2.46. The van der Waals surface area contributed by atoms with Gasteiger partial charge in [-0.05, 0) is 23.6 Å². The summed E-state index contributed by atoms with van der Waals surface area (Å²) in [4.78, 5) is 11.2. The smallest absolute Gasteiger partial charge is 0.131 e. The molecule has 0 bridgehead atoms. The predicted molar refractivity (Wildman–Crippen MR) is 78.8 cm³/mol. The van der Waals surface area contributed by atoms with Gasteiger partial charge in [0.05, 0.1) is 5.92 Å². The van der Waals surface area contributed by atoms with Gasteiger partial charge in [0, 0.05) is 6.42 Å². The minimum atomic E-state index is -0.123. The molecule has 0 spiro atoms. The first-order valence-corrected chi connectivity index (χ1v) is 6.31. The van der Waals surface area contributed by atoms with Crippen molar-refractivity contribution in [2.24, 2.45) is 0 Å². The van der Waals surface area contributed by atoms with Gasteiger partial charge in [0.25, 0.3) is 0 Å². The van der Waals surface area contributed by atoms with E-state index in [0.29, 0.717) is 6.42 Å². The van der Waals surface area contributed by atoms with Crippen molar-refractivity contribution in [3.05, 3.63) is 60.2 Å². The maximum absolute atomic E-state index is 11.2. The molecule has 0 amide bonds. The number of terminal acetylenes is 1. The molecule has 1 nitrogen and oxygen atoms in total. The number of hydrogen-bond acceptors (Lipinski definition) is 1. The van der Waals surface area contributed by atoms with Crippen LogP contribution in [0.5, 0.6) is 0 Å². The van der Waals surface area contributed by atoms with Crippen LogP contribution in [-0.2, 0) is 4.79 Å². The normalized spacial score (nSPS) is 11.6. The van der Waals surface area contributed by atoms with E-state index in [-0.39, 0.29) is 11.7 Å². The summed E-state index contributed by atoms with van der Waals surface area (Å²) in [5.41, 5.74) is 3.36. The number of Topliss-reactive ketones (excluding diaryl/α,β-unsaturated/α-hetero) is 1. The molecule has 0 aliphatic carbocycles. The highest BCUT2D eigenvalue weighted by molar-refractivity contribution is 5.77. The van der Waals surface area contributed by atoms with Crippen LogP contribution in [0, 0.1) is 12.3 Å². The van der Waals surface area contributed by atoms with Crippen LogP contribution in [0.2, 0.25) is 0 Å². The Labute approximate surface area is 114 Å². The average molecular weight is 248 g/mol. The fourth-order valence-corrected chi connectivity index (χ4v) is 2.10. The summed E-state index contributed by atoms with van der Waals surface area (Å²) >= 11 is 0. The van der Waals surface area contributed by atoms with Crippen molar-refractivity contribution >= 4 is 5.78 Å². The van der Waals surface area contributed by atoms with Crippen LogP contribution < -0.4 is 0 Å². The van der Waals surface area contributed by atoms with E-state index >= 15 is 0 Å². The molecule has 0 saturated heterocycles. The van der Waals surface area contributed by atoms with Crippen molar-refractivity contribution in [2.75, 3.05) is 0 Å². The van der Waals surface area contributed by atoms with E-state index in [4.69, 9.17) is 6.42 Å². The third-order valence-electron chi connectivity index (χ3n) is 3.11. The van der Waals surface area contributed by atoms with Gasteiger partial charge in [-0.25, -0.2) is 0 Å². The summed E-state index contributed by atoms with van der Waals surface area (Å²) < 4.78 is 0. The molecule has 0 aliphatic heterocycles. The molecule has 1 unspecified atom stereocenters. The molecular weight excluding hydrogens is 232 g/mol. The maximum atomic E-state index is 11.2. The fraction of sp³-hybridized carbons (Fsp3) is 0.167. The minimum Gasteiger partial charge on any atom is -0.300 e. The summed E-state index contributed by atoms with van der Waals surface area (Å²) in [5.74, 6) is 2.69. The zero-order valence-corrected chi connectivity index (χ0v) is 11.0. The van der Waals surface area contributed by atoms with E-state index in [1.807, 2.05) is 30.3 Å². The fourth-order valence-electron chi connectivity index (χ4n) is 2.10. The second-order valence-corrected chi connectivity index (χ2v) is 4.61. The van der Waals surface area contributed by atoms with Crippen LogP contribution in [0.3, 0.4) is 0 Å². The van der Waals surface area contributed by atoms with Crippen LogP contribution in [0.25, 0.3) is 11.1 Å². The Hall–Kier alpha value is -2.33. The van der Waals surface area contributed by atoms with Crippen LogP contribution in [-0.4, -0.2) is 5.78 Å². The van der Waals surface area contributed by atoms with Gasteiger partial charge in [-0.1, -0.05) is 60.5 Å². The summed E-state index contributed by atoms with van der Waals surface area (Å²) in [6, 6.07) is 18.3. The molecule has 0 radical (unpaired) electrons. The van der Waals surface area contributed by atoms with Crippen LogP contribution in [0.15, 0.2) is 54.6 Å². The van der Waals surface area contributed by atoms with Crippen LogP contribution >= 0.6 is 0 Å². The number of benzene rings is 2. The van der Waals surface area contributed by atoms with Gasteiger partial charge in [0.15, 0.2) is 0 Å². The predicted octanol–water partition coefficient (Wildman–Crippen LogP) is 4.05. The Balaban J connectivity index is 2.23. The topological polar surface area (TPSA) is 17.1 Å². The molecule has 2 aromatic rings. The molecule has 0 N–H and O–H groups in total. The molecule has 0 fully saturated rings. The van der Waals surface area contributed by atoms with Gasteiger partial charge in [0.2, 0.25) is 0 Å². The van der Waals surface area contributed by atoms with E-state index < -0.39 is 0 Å². The van der Waals surface area contributed by atoms with E-state index in [0.717, 1.165) is 11.1 Å². The SMILES string of the molecule is C#CC(CC(C)=O)c1ccc(-c2ccccc2)cc1. The minimum absolute atomic E-state index is 0.120. The third kappa shape index (κ3) is 3.33. The number of hydrogen-bond donors (Lipinski definition) is 0. The second kappa shape index (κ2) is 6.02. The van der Waals surface area contributed by atoms with E-state index in [9.17, 15) is 4.79 Å². The molecule has 2 aromatic carbocycles. The zero-order valence-electron chi connectivity index (χ0n) is 11.0. The van der Waals surface area contributed by atoms with Gasteiger partial charge in [-0.2, -0.15) is 0 Å². The van der Waals surface area contributed by atoms with Crippen molar-refractivity contribution < 1.29 is 4.79 Å². The molecule has 0 saturated carbocycles. The van der Waals surface area contributed by atoms with Gasteiger partial charge < -0.3 is 0 Å². The van der Waals surface area contributed by atoms with Gasteiger partial charge in [-0.15, -0.1) is 6.42 Å². The molecule has 2 rings (SSSR count). The van der Waals surface area contributed by atoms with E-state index in [1.54, 1.807) is 6.92 Å². The highest BCUT2D eigenvalue weighted by Crippen LogP contribution is 2.24. The highest BCUT2D eigenvalue weighted by Gasteiger charge is 2.10. The Bertz CT molecular complexity index is 588. The molecule has 94 valence electrons. The number of carbonyl (C=O) groups excluding carboxylic acids is 1. The first-order chi connectivity index (χ1) is 9.20. The summed E-state index contributed by atoms with van der Waals surface area (Å²) in [6.45, 7) is 1.57. The summed E-state index contributed by atoms with van der Waals surface area (Å²) in [5, 5.41) is 0. The molecule has 0 heterocycles. The third-order valence-corrected chi connectivity index (χ3v) is 3.11. The highest BCUT2D eigenvalue weighted by atomic mass is 16.1. The van der Waals surface area contributed by atoms with Crippen LogP contribution in [0.4, 0.5) is 0 Å². The molecular formula is C18H16O. The molecule has 1 heteroatoms. The largest absolute Gasteiger partial charge is 0.300 e. The van der Waals surface area contributed by atoms with Gasteiger partial charge in [0.1, 0.15) is 5.78 Å². The van der Waals surface area contributed by atoms with Crippen molar-refractivity contribution in [1.29, 1.82) is 0 Å². The molecule has 0 aromatic heterocycles. The Kier molecular flexibility index (Phi) is 4.15. The quantitative estimate of drug-likeness (QED) is 0.746. The number of rotatable bonds is 4. The van der Waals surface area contributed by atoms with Gasteiger partial charge in [-0.3, -0.25) is 4.79 Å². The zero-order chi connectivity index (χ0) is 13.7. The first kappa shape index (κ1) is 13.1. The van der Waals surface area contributed by atoms with E-state index in [2.05, 4.69) is 30.2 Å². The molecule has 0 aliphatic rings. The van der Waals surface area contributed by atoms with Gasteiger partial charge >= 0.3 is 0 Å². The number of carbonyl (C=O) groups is 1. The maximum Gasteiger partial charge on any atom is 0.131 e. The monoisotopic (exact) mass is 248 g/mol. The first-order valence-electron chi connectivity index (χ1n) is 6.31. The lowest BCUT2D eigenvalue weighted by molar-refractivity contribution is -0.117. The number of ketones is 1. The lowest BCUT2D eigenvalue weighted by atomic mass is 9.93.